The van der Waals surface area contributed by atoms with Crippen LogP contribution in [0.15, 0.2) is 24.3 Å². The molecule has 0 bridgehead atoms. The Balaban J connectivity index is -0.000000213. The number of hydrogen-bond donors (Lipinski definition) is 1. The number of hydrogen-bond acceptors (Lipinski definition) is 5. The summed E-state index contributed by atoms with van der Waals surface area (Å²) in [6.45, 7) is 0. The number of carbonyl (C=O) groups is 1. The molecule has 0 fully saturated rings. The van der Waals surface area contributed by atoms with Crippen molar-refractivity contribution in [1.82, 2.24) is 0 Å². The fraction of sp³-hybridized carbons (Fsp3) is 0.125. The van der Waals surface area contributed by atoms with E-state index < -0.39 is 6.16 Å². The quantitative estimate of drug-likeness (QED) is 0.508. The molecule has 0 radical (unpaired) electrons. The van der Waals surface area contributed by atoms with E-state index in [9.17, 15) is 0 Å². The van der Waals surface area contributed by atoms with Gasteiger partial charge in [-0.15, -0.1) is 0 Å². The first-order chi connectivity index (χ1) is 6.06. The van der Waals surface area contributed by atoms with Gasteiger partial charge in [-0.1, -0.05) is 6.07 Å². The number of carboxylic acid groups (broad SMARTS) is 2. The summed E-state index contributed by atoms with van der Waals surface area (Å²) in [5.74, 6) is 0.907. The number of rotatable bonds is 1. The second kappa shape index (κ2) is 13.4. The van der Waals surface area contributed by atoms with E-state index in [2.05, 4.69) is 0 Å². The number of benzene rings is 1. The van der Waals surface area contributed by atoms with E-state index >= 15 is 0 Å². The molecule has 0 aliphatic carbocycles. The van der Waals surface area contributed by atoms with Crippen molar-refractivity contribution in [3.63, 3.8) is 0 Å². The van der Waals surface area contributed by atoms with Crippen LogP contribution in [0, 0.1) is 0 Å². The molecule has 0 saturated heterocycles. The molecule has 0 unspecified atom stereocenters. The fourth-order valence-electron chi connectivity index (χ4n) is 0.610. The van der Waals surface area contributed by atoms with Crippen LogP contribution < -0.4 is 118 Å². The molecular weight excluding hydrogens is 254 g/mol. The number of ether oxygens (including phenoxy) is 1. The van der Waals surface area contributed by atoms with Gasteiger partial charge in [-0.25, -0.2) is 0 Å². The van der Waals surface area contributed by atoms with Crippen molar-refractivity contribution in [2.75, 3.05) is 7.11 Å². The topological polar surface area (TPSA) is 92.7 Å². The van der Waals surface area contributed by atoms with Crippen molar-refractivity contribution in [2.24, 2.45) is 0 Å². The van der Waals surface area contributed by atoms with E-state index in [0.29, 0.717) is 5.75 Å². The van der Waals surface area contributed by atoms with Crippen LogP contribution in [0.3, 0.4) is 0 Å². The molecule has 0 atom stereocenters. The van der Waals surface area contributed by atoms with Gasteiger partial charge in [0.05, 0.1) is 7.11 Å². The van der Waals surface area contributed by atoms with Crippen LogP contribution in [0.4, 0.5) is 4.79 Å². The summed E-state index contributed by atoms with van der Waals surface area (Å²) < 4.78 is 4.84. The fourth-order valence-corrected chi connectivity index (χ4v) is 0.610. The van der Waals surface area contributed by atoms with Gasteiger partial charge in [0.1, 0.15) is 11.5 Å². The molecule has 0 amide bonds. The van der Waals surface area contributed by atoms with Crippen molar-refractivity contribution in [3.8, 4) is 11.5 Å². The minimum absolute atomic E-state index is 0. The summed E-state index contributed by atoms with van der Waals surface area (Å²) in [5, 5.41) is 25.5. The largest absolute Gasteiger partial charge is 1.00 e. The first kappa shape index (κ1) is 21.6. The van der Waals surface area contributed by atoms with E-state index in [4.69, 9.17) is 24.9 Å². The zero-order valence-electron chi connectivity index (χ0n) is 8.89. The monoisotopic (exact) mass is 262 g/mol. The average molecular weight is 262 g/mol. The van der Waals surface area contributed by atoms with Crippen LogP contribution in [0.25, 0.3) is 0 Å². The van der Waals surface area contributed by atoms with Gasteiger partial charge in [-0.05, 0) is 18.3 Å². The Labute approximate surface area is 173 Å². The average Bonchev–Trinajstić information content (AvgIpc) is 2.03. The van der Waals surface area contributed by atoms with Crippen LogP contribution in [-0.4, -0.2) is 18.4 Å². The Bertz CT molecular complexity index is 275. The van der Waals surface area contributed by atoms with Crippen molar-refractivity contribution in [1.29, 1.82) is 0 Å². The molecule has 0 spiro atoms. The maximum absolute atomic E-state index is 8.86. The predicted octanol–water partition coefficient (Wildman–Crippen LogP) is -7.04. The van der Waals surface area contributed by atoms with E-state index in [1.54, 1.807) is 31.4 Å². The van der Waals surface area contributed by atoms with Crippen LogP contribution in [0.5, 0.6) is 11.5 Å². The molecule has 0 aromatic heterocycles. The van der Waals surface area contributed by atoms with Gasteiger partial charge >= 0.3 is 103 Å². The summed E-state index contributed by atoms with van der Waals surface area (Å²) in [6.07, 6.45) is -2.33. The molecule has 0 heterocycles. The van der Waals surface area contributed by atoms with Crippen LogP contribution in [0.1, 0.15) is 0 Å². The summed E-state index contributed by atoms with van der Waals surface area (Å²) in [6, 6.07) is 6.66. The van der Waals surface area contributed by atoms with Crippen LogP contribution in [0.2, 0.25) is 0 Å². The number of methoxy groups -OCH3 is 1. The first-order valence-corrected chi connectivity index (χ1v) is 3.27. The summed E-state index contributed by atoms with van der Waals surface area (Å²) >= 11 is 0. The third-order valence-corrected chi connectivity index (χ3v) is 1.05. The van der Waals surface area contributed by atoms with Gasteiger partial charge in [0.2, 0.25) is 0 Å². The number of phenols is 1. The number of aromatic hydroxyl groups is 1. The molecule has 15 heavy (non-hydrogen) atoms. The summed E-state index contributed by atoms with van der Waals surface area (Å²) in [5.41, 5.74) is 0. The SMILES string of the molecule is COc1cccc(O)c1.O=C([O-])[O-].[K+].[K+]. The van der Waals surface area contributed by atoms with Gasteiger partial charge in [0, 0.05) is 6.07 Å². The third kappa shape index (κ3) is 15.4. The first-order valence-electron chi connectivity index (χ1n) is 3.27. The zero-order valence-corrected chi connectivity index (χ0v) is 15.1. The van der Waals surface area contributed by atoms with Gasteiger partial charge in [-0.2, -0.15) is 0 Å². The van der Waals surface area contributed by atoms with Crippen molar-refractivity contribution >= 4 is 6.16 Å². The zero-order chi connectivity index (χ0) is 10.3. The maximum atomic E-state index is 8.86. The molecule has 1 rings (SSSR count). The summed E-state index contributed by atoms with van der Waals surface area (Å²) in [7, 11) is 1.56. The van der Waals surface area contributed by atoms with Crippen molar-refractivity contribution < 1.29 is 128 Å². The molecule has 0 aliphatic heterocycles. The molecule has 72 valence electrons. The minimum Gasteiger partial charge on any atom is -0.652 e. The van der Waals surface area contributed by atoms with E-state index in [1.807, 2.05) is 0 Å². The van der Waals surface area contributed by atoms with E-state index in [1.165, 1.54) is 0 Å². The second-order valence-corrected chi connectivity index (χ2v) is 1.95. The molecule has 0 aliphatic rings. The molecule has 1 aromatic rings. The summed E-state index contributed by atoms with van der Waals surface area (Å²) in [4.78, 5) is 8.33. The Morgan fingerprint density at radius 2 is 1.80 bits per heavy atom. The van der Waals surface area contributed by atoms with Gasteiger partial charge in [-0.3, -0.25) is 0 Å². The molecule has 7 heteroatoms. The number of phenolic OH excluding ortho intramolecular Hbond substituents is 1. The second-order valence-electron chi connectivity index (χ2n) is 1.95. The Morgan fingerprint density at radius 3 is 2.07 bits per heavy atom. The normalized spacial score (nSPS) is 7.00. The van der Waals surface area contributed by atoms with Gasteiger partial charge in [0.15, 0.2) is 0 Å². The molecular formula is C8H8K2O5. The minimum atomic E-state index is -2.33. The van der Waals surface area contributed by atoms with Gasteiger partial charge in [0.25, 0.3) is 0 Å². The van der Waals surface area contributed by atoms with Crippen molar-refractivity contribution in [3.05, 3.63) is 24.3 Å². The van der Waals surface area contributed by atoms with Crippen LogP contribution in [-0.2, 0) is 0 Å². The molecule has 1 N–H and O–H groups in total. The van der Waals surface area contributed by atoms with E-state index in [0.717, 1.165) is 0 Å². The van der Waals surface area contributed by atoms with E-state index in [-0.39, 0.29) is 109 Å². The molecule has 0 saturated carbocycles. The van der Waals surface area contributed by atoms with Crippen LogP contribution >= 0.6 is 0 Å². The Hall–Kier alpha value is 1.36. The predicted molar refractivity (Wildman–Crippen MR) is 40.1 cm³/mol. The standard InChI is InChI=1S/C7H8O2.CH2O3.2K/c1-9-7-4-2-3-6(8)5-7;2-1(3)4;;/h2-5,8H,1H3;(H2,2,3,4);;/q;;2*+1/p-2. The maximum Gasteiger partial charge on any atom is 1.00 e. The smallest absolute Gasteiger partial charge is 0.652 e. The van der Waals surface area contributed by atoms with Gasteiger partial charge < -0.3 is 24.9 Å². The molecule has 5 nitrogen and oxygen atoms in total. The third-order valence-electron chi connectivity index (χ3n) is 1.05. The molecule has 1 aromatic carbocycles. The Morgan fingerprint density at radius 1 is 1.33 bits per heavy atom. The van der Waals surface area contributed by atoms with Crippen molar-refractivity contribution in [2.45, 2.75) is 0 Å². The Kier molecular flexibility index (Phi) is 19.4. The number of carbonyl (C=O) groups excluding carboxylic acids is 1.